The highest BCUT2D eigenvalue weighted by Gasteiger charge is 2.10. The Hall–Kier alpha value is -2.62. The molecule has 1 N–H and O–H groups in total. The van der Waals surface area contributed by atoms with E-state index in [0.29, 0.717) is 26.1 Å². The number of aryl methyl sites for hydroxylation is 2. The molecule has 132 valence electrons. The third-order valence-electron chi connectivity index (χ3n) is 4.09. The highest BCUT2D eigenvalue weighted by Crippen LogP contribution is 2.07. The number of nitrogens with zero attached hydrogens (tertiary/aromatic N) is 1. The van der Waals surface area contributed by atoms with Gasteiger partial charge in [-0.1, -0.05) is 59.7 Å². The predicted molar refractivity (Wildman–Crippen MR) is 100 cm³/mol. The molecule has 4 heteroatoms. The molecule has 0 aliphatic heterocycles. The van der Waals surface area contributed by atoms with Crippen LogP contribution in [0.1, 0.15) is 29.2 Å². The third-order valence-corrected chi connectivity index (χ3v) is 4.09. The molecule has 2 aromatic rings. The summed E-state index contributed by atoms with van der Waals surface area (Å²) in [7, 11) is 0. The molecule has 2 aromatic carbocycles. The highest BCUT2D eigenvalue weighted by molar-refractivity contribution is 5.78. The number of hydrogen-bond donors (Lipinski definition) is 1. The van der Waals surface area contributed by atoms with Crippen LogP contribution in [0.25, 0.3) is 0 Å². The lowest BCUT2D eigenvalue weighted by Gasteiger charge is -2.21. The number of hydrogen-bond acceptors (Lipinski definition) is 2. The average molecular weight is 338 g/mol. The van der Waals surface area contributed by atoms with Crippen LogP contribution in [-0.2, 0) is 22.6 Å². The number of carbonyl (C=O) groups excluding carboxylic acids is 2. The Morgan fingerprint density at radius 1 is 0.960 bits per heavy atom. The number of carbonyl (C=O) groups is 2. The standard InChI is InChI=1S/C21H26N2O2/c1-16-7-9-19(10-8-16)15-23(18(3)24)12-11-22-21(25)14-20-6-4-5-17(2)13-20/h4-10,13H,11-12,14-15H2,1-3H3,(H,22,25). The number of amides is 2. The van der Waals surface area contributed by atoms with E-state index in [1.54, 1.807) is 11.8 Å². The van der Waals surface area contributed by atoms with Crippen molar-refractivity contribution in [2.75, 3.05) is 13.1 Å². The Bertz CT molecular complexity index is 723. The van der Waals surface area contributed by atoms with Gasteiger partial charge >= 0.3 is 0 Å². The summed E-state index contributed by atoms with van der Waals surface area (Å²) in [6.07, 6.45) is 0.361. The molecule has 0 atom stereocenters. The second-order valence-electron chi connectivity index (χ2n) is 6.44. The molecule has 0 aliphatic carbocycles. The van der Waals surface area contributed by atoms with E-state index in [-0.39, 0.29) is 11.8 Å². The smallest absolute Gasteiger partial charge is 0.224 e. The summed E-state index contributed by atoms with van der Waals surface area (Å²) < 4.78 is 0. The second kappa shape index (κ2) is 9.02. The first-order valence-electron chi connectivity index (χ1n) is 8.57. The summed E-state index contributed by atoms with van der Waals surface area (Å²) in [6, 6.07) is 16.1. The zero-order chi connectivity index (χ0) is 18.2. The van der Waals surface area contributed by atoms with Crippen LogP contribution in [0.15, 0.2) is 48.5 Å². The molecular formula is C21H26N2O2. The van der Waals surface area contributed by atoms with Crippen molar-refractivity contribution >= 4 is 11.8 Å². The molecule has 2 rings (SSSR count). The fourth-order valence-electron chi connectivity index (χ4n) is 2.66. The minimum atomic E-state index is -0.0237. The molecule has 0 saturated carbocycles. The normalized spacial score (nSPS) is 10.4. The van der Waals surface area contributed by atoms with Gasteiger partial charge in [-0.25, -0.2) is 0 Å². The lowest BCUT2D eigenvalue weighted by Crippen LogP contribution is -2.37. The van der Waals surface area contributed by atoms with Gasteiger partial charge in [0.25, 0.3) is 0 Å². The van der Waals surface area contributed by atoms with Gasteiger partial charge in [-0.15, -0.1) is 0 Å². The Morgan fingerprint density at radius 2 is 1.68 bits per heavy atom. The van der Waals surface area contributed by atoms with Crippen molar-refractivity contribution in [1.82, 2.24) is 10.2 Å². The number of rotatable bonds is 7. The molecule has 0 aromatic heterocycles. The van der Waals surface area contributed by atoms with Gasteiger partial charge < -0.3 is 10.2 Å². The Morgan fingerprint density at radius 3 is 2.32 bits per heavy atom. The first-order valence-corrected chi connectivity index (χ1v) is 8.57. The van der Waals surface area contributed by atoms with Crippen LogP contribution in [0.4, 0.5) is 0 Å². The molecule has 0 unspecified atom stereocenters. The molecular weight excluding hydrogens is 312 g/mol. The van der Waals surface area contributed by atoms with E-state index < -0.39 is 0 Å². The molecule has 0 heterocycles. The van der Waals surface area contributed by atoms with Gasteiger partial charge in [0.15, 0.2) is 0 Å². The van der Waals surface area contributed by atoms with E-state index in [0.717, 1.165) is 16.7 Å². The van der Waals surface area contributed by atoms with E-state index >= 15 is 0 Å². The number of nitrogens with one attached hydrogen (secondary N) is 1. The van der Waals surface area contributed by atoms with Crippen LogP contribution < -0.4 is 5.32 Å². The van der Waals surface area contributed by atoms with Crippen LogP contribution in [-0.4, -0.2) is 29.8 Å². The van der Waals surface area contributed by atoms with Gasteiger partial charge in [0.1, 0.15) is 0 Å². The number of benzene rings is 2. The molecule has 2 amide bonds. The third kappa shape index (κ3) is 6.42. The second-order valence-corrected chi connectivity index (χ2v) is 6.44. The summed E-state index contributed by atoms with van der Waals surface area (Å²) in [4.78, 5) is 25.6. The fraction of sp³-hybridized carbons (Fsp3) is 0.333. The molecule has 0 spiro atoms. The lowest BCUT2D eigenvalue weighted by molar-refractivity contribution is -0.130. The quantitative estimate of drug-likeness (QED) is 0.844. The first kappa shape index (κ1) is 18.7. The molecule has 0 bridgehead atoms. The van der Waals surface area contributed by atoms with Crippen LogP contribution >= 0.6 is 0 Å². The predicted octanol–water partition coefficient (Wildman–Crippen LogP) is 3.01. The van der Waals surface area contributed by atoms with Gasteiger partial charge in [-0.2, -0.15) is 0 Å². The summed E-state index contributed by atoms with van der Waals surface area (Å²) in [5, 5.41) is 2.90. The maximum absolute atomic E-state index is 12.1. The van der Waals surface area contributed by atoms with Crippen LogP contribution in [0.3, 0.4) is 0 Å². The molecule has 0 saturated heterocycles. The molecule has 0 radical (unpaired) electrons. The van der Waals surface area contributed by atoms with Crippen molar-refractivity contribution in [3.63, 3.8) is 0 Å². The minimum absolute atomic E-state index is 0.00788. The van der Waals surface area contributed by atoms with E-state index in [1.165, 1.54) is 5.56 Å². The summed E-state index contributed by atoms with van der Waals surface area (Å²) >= 11 is 0. The monoisotopic (exact) mass is 338 g/mol. The summed E-state index contributed by atoms with van der Waals surface area (Å²) in [6.45, 7) is 7.12. The van der Waals surface area contributed by atoms with Gasteiger partial charge in [-0.05, 0) is 25.0 Å². The molecule has 0 fully saturated rings. The maximum Gasteiger partial charge on any atom is 0.224 e. The van der Waals surface area contributed by atoms with Crippen LogP contribution in [0, 0.1) is 13.8 Å². The van der Waals surface area contributed by atoms with Gasteiger partial charge in [0, 0.05) is 26.6 Å². The minimum Gasteiger partial charge on any atom is -0.354 e. The van der Waals surface area contributed by atoms with E-state index in [9.17, 15) is 9.59 Å². The lowest BCUT2D eigenvalue weighted by atomic mass is 10.1. The van der Waals surface area contributed by atoms with Crippen LogP contribution in [0.5, 0.6) is 0 Å². The highest BCUT2D eigenvalue weighted by atomic mass is 16.2. The van der Waals surface area contributed by atoms with Gasteiger partial charge in [0.05, 0.1) is 6.42 Å². The largest absolute Gasteiger partial charge is 0.354 e. The molecule has 4 nitrogen and oxygen atoms in total. The molecule has 25 heavy (non-hydrogen) atoms. The SMILES string of the molecule is CC(=O)N(CCNC(=O)Cc1cccc(C)c1)Cc1ccc(C)cc1. The zero-order valence-electron chi connectivity index (χ0n) is 15.2. The van der Waals surface area contributed by atoms with E-state index in [1.807, 2.05) is 62.4 Å². The van der Waals surface area contributed by atoms with E-state index in [2.05, 4.69) is 5.32 Å². The van der Waals surface area contributed by atoms with Crippen molar-refractivity contribution in [2.45, 2.75) is 33.7 Å². The fourth-order valence-corrected chi connectivity index (χ4v) is 2.66. The van der Waals surface area contributed by atoms with Crippen molar-refractivity contribution in [3.05, 3.63) is 70.8 Å². The first-order chi connectivity index (χ1) is 11.9. The van der Waals surface area contributed by atoms with Crippen molar-refractivity contribution < 1.29 is 9.59 Å². The summed E-state index contributed by atoms with van der Waals surface area (Å²) in [5.74, 6) is -0.0158. The maximum atomic E-state index is 12.1. The summed E-state index contributed by atoms with van der Waals surface area (Å²) in [5.41, 5.74) is 4.43. The average Bonchev–Trinajstić information content (AvgIpc) is 2.55. The van der Waals surface area contributed by atoms with Crippen molar-refractivity contribution in [1.29, 1.82) is 0 Å². The zero-order valence-corrected chi connectivity index (χ0v) is 15.2. The van der Waals surface area contributed by atoms with Crippen LogP contribution in [0.2, 0.25) is 0 Å². The Labute approximate surface area is 149 Å². The van der Waals surface area contributed by atoms with Crippen molar-refractivity contribution in [2.24, 2.45) is 0 Å². The Balaban J connectivity index is 1.81. The van der Waals surface area contributed by atoms with E-state index in [4.69, 9.17) is 0 Å². The van der Waals surface area contributed by atoms with Gasteiger partial charge in [-0.3, -0.25) is 9.59 Å². The molecule has 0 aliphatic rings. The topological polar surface area (TPSA) is 49.4 Å². The Kier molecular flexibility index (Phi) is 6.75. The van der Waals surface area contributed by atoms with Crippen molar-refractivity contribution in [3.8, 4) is 0 Å². The van der Waals surface area contributed by atoms with Gasteiger partial charge in [0.2, 0.25) is 11.8 Å².